The van der Waals surface area contributed by atoms with Gasteiger partial charge in [0.05, 0.1) is 18.3 Å². The van der Waals surface area contributed by atoms with Crippen molar-refractivity contribution in [3.63, 3.8) is 0 Å². The minimum atomic E-state index is -0.383. The fourth-order valence-corrected chi connectivity index (χ4v) is 2.03. The minimum absolute atomic E-state index is 0.141. The Labute approximate surface area is 126 Å². The Morgan fingerprint density at radius 2 is 2.10 bits per heavy atom. The third-order valence-electron chi connectivity index (χ3n) is 3.80. The number of aliphatic hydroxyl groups excluding tert-OH is 1. The van der Waals surface area contributed by atoms with Crippen molar-refractivity contribution in [3.05, 3.63) is 29.8 Å². The van der Waals surface area contributed by atoms with Crippen molar-refractivity contribution in [2.75, 3.05) is 13.2 Å². The molecule has 1 aromatic carbocycles. The van der Waals surface area contributed by atoms with Gasteiger partial charge in [0.2, 0.25) is 0 Å². The summed E-state index contributed by atoms with van der Waals surface area (Å²) in [7, 11) is 0. The summed E-state index contributed by atoms with van der Waals surface area (Å²) < 4.78 is 5.74. The molecule has 0 bridgehead atoms. The van der Waals surface area contributed by atoms with Gasteiger partial charge in [0.15, 0.2) is 0 Å². The maximum absolute atomic E-state index is 12.2. The molecule has 0 aromatic heterocycles. The summed E-state index contributed by atoms with van der Waals surface area (Å²) in [6.07, 6.45) is 2.63. The molecule has 116 valence electrons. The molecule has 1 unspecified atom stereocenters. The lowest BCUT2D eigenvalue weighted by Gasteiger charge is -2.15. The molecular formula is C17H25NO3. The summed E-state index contributed by atoms with van der Waals surface area (Å²) in [5.41, 5.74) is 0.567. The highest BCUT2D eigenvalue weighted by atomic mass is 16.5. The van der Waals surface area contributed by atoms with Crippen LogP contribution in [0.1, 0.15) is 43.5 Å². The first-order chi connectivity index (χ1) is 10.1. The van der Waals surface area contributed by atoms with Crippen LogP contribution in [0, 0.1) is 11.8 Å². The molecule has 2 rings (SSSR count). The summed E-state index contributed by atoms with van der Waals surface area (Å²) in [6.45, 7) is 5.09. The zero-order valence-electron chi connectivity index (χ0n) is 12.8. The van der Waals surface area contributed by atoms with Crippen molar-refractivity contribution < 1.29 is 14.6 Å². The van der Waals surface area contributed by atoms with Gasteiger partial charge in [0.1, 0.15) is 5.75 Å². The standard InChI is InChI=1S/C17H25NO3/c1-12(2)15(19)9-10-18-17(20)14-5-3-4-6-16(14)21-11-13-7-8-13/h3-6,12-13,15,19H,7-11H2,1-2H3,(H,18,20). The second kappa shape index (κ2) is 7.46. The lowest BCUT2D eigenvalue weighted by atomic mass is 10.0. The van der Waals surface area contributed by atoms with Crippen LogP contribution in [-0.2, 0) is 0 Å². The van der Waals surface area contributed by atoms with E-state index in [1.807, 2.05) is 32.0 Å². The molecule has 0 heterocycles. The Bertz CT molecular complexity index is 469. The van der Waals surface area contributed by atoms with E-state index < -0.39 is 0 Å². The maximum atomic E-state index is 12.2. The molecular weight excluding hydrogens is 266 g/mol. The second-order valence-corrected chi connectivity index (χ2v) is 6.11. The average molecular weight is 291 g/mol. The zero-order chi connectivity index (χ0) is 15.2. The predicted molar refractivity (Wildman–Crippen MR) is 82.5 cm³/mol. The van der Waals surface area contributed by atoms with Crippen molar-refractivity contribution in [3.8, 4) is 5.75 Å². The number of benzene rings is 1. The van der Waals surface area contributed by atoms with Crippen LogP contribution in [0.2, 0.25) is 0 Å². The molecule has 0 saturated heterocycles. The maximum Gasteiger partial charge on any atom is 0.255 e. The lowest BCUT2D eigenvalue weighted by molar-refractivity contribution is 0.0916. The fraction of sp³-hybridized carbons (Fsp3) is 0.588. The number of amides is 1. The van der Waals surface area contributed by atoms with E-state index in [9.17, 15) is 9.90 Å². The normalized spacial score (nSPS) is 15.8. The number of ether oxygens (including phenoxy) is 1. The Morgan fingerprint density at radius 1 is 1.38 bits per heavy atom. The fourth-order valence-electron chi connectivity index (χ4n) is 2.03. The molecule has 1 saturated carbocycles. The first-order valence-corrected chi connectivity index (χ1v) is 7.76. The summed E-state index contributed by atoms with van der Waals surface area (Å²) in [5, 5.41) is 12.6. The van der Waals surface area contributed by atoms with E-state index in [1.54, 1.807) is 6.07 Å². The number of aliphatic hydroxyl groups is 1. The topological polar surface area (TPSA) is 58.6 Å². The molecule has 1 atom stereocenters. The number of carbonyl (C=O) groups is 1. The Kier molecular flexibility index (Phi) is 5.62. The molecule has 0 radical (unpaired) electrons. The van der Waals surface area contributed by atoms with Gasteiger partial charge in [-0.05, 0) is 43.2 Å². The minimum Gasteiger partial charge on any atom is -0.492 e. The van der Waals surface area contributed by atoms with Crippen LogP contribution in [0.5, 0.6) is 5.75 Å². The SMILES string of the molecule is CC(C)C(O)CCNC(=O)c1ccccc1OCC1CC1. The Morgan fingerprint density at radius 3 is 2.76 bits per heavy atom. The van der Waals surface area contributed by atoms with Gasteiger partial charge in [-0.15, -0.1) is 0 Å². The number of carbonyl (C=O) groups excluding carboxylic acids is 1. The van der Waals surface area contributed by atoms with Crippen LogP contribution in [0.3, 0.4) is 0 Å². The third kappa shape index (κ3) is 5.05. The van der Waals surface area contributed by atoms with Gasteiger partial charge >= 0.3 is 0 Å². The van der Waals surface area contributed by atoms with Gasteiger partial charge in [0, 0.05) is 6.54 Å². The quantitative estimate of drug-likeness (QED) is 0.774. The first kappa shape index (κ1) is 15.8. The van der Waals surface area contributed by atoms with Gasteiger partial charge in [-0.1, -0.05) is 26.0 Å². The van der Waals surface area contributed by atoms with E-state index in [2.05, 4.69) is 5.32 Å². The van der Waals surface area contributed by atoms with Gasteiger partial charge in [-0.3, -0.25) is 4.79 Å². The van der Waals surface area contributed by atoms with E-state index in [1.165, 1.54) is 12.8 Å². The van der Waals surface area contributed by atoms with Gasteiger partial charge in [0.25, 0.3) is 5.91 Å². The highest BCUT2D eigenvalue weighted by molar-refractivity contribution is 5.96. The Balaban J connectivity index is 1.85. The molecule has 0 aliphatic heterocycles. The molecule has 21 heavy (non-hydrogen) atoms. The van der Waals surface area contributed by atoms with Crippen molar-refractivity contribution in [1.29, 1.82) is 0 Å². The molecule has 1 aromatic rings. The summed E-state index contributed by atoms with van der Waals surface area (Å²) in [6, 6.07) is 7.32. The van der Waals surface area contributed by atoms with Crippen LogP contribution in [0.15, 0.2) is 24.3 Å². The Hall–Kier alpha value is -1.55. The second-order valence-electron chi connectivity index (χ2n) is 6.11. The summed E-state index contributed by atoms with van der Waals surface area (Å²) in [5.74, 6) is 1.36. The van der Waals surface area contributed by atoms with E-state index in [0.717, 1.165) is 0 Å². The predicted octanol–water partition coefficient (Wildman–Crippen LogP) is 2.61. The van der Waals surface area contributed by atoms with Crippen molar-refractivity contribution in [2.24, 2.45) is 11.8 Å². The van der Waals surface area contributed by atoms with Gasteiger partial charge < -0.3 is 15.2 Å². The molecule has 1 fully saturated rings. The highest BCUT2D eigenvalue weighted by Gasteiger charge is 2.23. The van der Waals surface area contributed by atoms with Crippen LogP contribution < -0.4 is 10.1 Å². The number of rotatable bonds is 8. The molecule has 4 heteroatoms. The van der Waals surface area contributed by atoms with Crippen molar-refractivity contribution in [2.45, 2.75) is 39.2 Å². The van der Waals surface area contributed by atoms with Crippen LogP contribution >= 0.6 is 0 Å². The molecule has 1 aliphatic carbocycles. The van der Waals surface area contributed by atoms with Gasteiger partial charge in [-0.2, -0.15) is 0 Å². The van der Waals surface area contributed by atoms with E-state index >= 15 is 0 Å². The molecule has 2 N–H and O–H groups in total. The van der Waals surface area contributed by atoms with E-state index in [-0.39, 0.29) is 17.9 Å². The van der Waals surface area contributed by atoms with E-state index in [4.69, 9.17) is 4.74 Å². The first-order valence-electron chi connectivity index (χ1n) is 7.76. The van der Waals surface area contributed by atoms with E-state index in [0.29, 0.717) is 36.8 Å². The monoisotopic (exact) mass is 291 g/mol. The van der Waals surface area contributed by atoms with Gasteiger partial charge in [-0.25, -0.2) is 0 Å². The largest absolute Gasteiger partial charge is 0.492 e. The van der Waals surface area contributed by atoms with Crippen molar-refractivity contribution >= 4 is 5.91 Å². The number of para-hydroxylation sites is 1. The lowest BCUT2D eigenvalue weighted by Crippen LogP contribution is -2.29. The summed E-state index contributed by atoms with van der Waals surface area (Å²) >= 11 is 0. The number of hydrogen-bond acceptors (Lipinski definition) is 3. The smallest absolute Gasteiger partial charge is 0.255 e. The van der Waals surface area contributed by atoms with Crippen LogP contribution in [0.25, 0.3) is 0 Å². The number of hydrogen-bond donors (Lipinski definition) is 2. The third-order valence-corrected chi connectivity index (χ3v) is 3.80. The van der Waals surface area contributed by atoms with Crippen molar-refractivity contribution in [1.82, 2.24) is 5.32 Å². The average Bonchev–Trinajstić information content (AvgIpc) is 3.29. The van der Waals surface area contributed by atoms with Crippen LogP contribution in [0.4, 0.5) is 0 Å². The molecule has 0 spiro atoms. The van der Waals surface area contributed by atoms with Crippen LogP contribution in [-0.4, -0.2) is 30.3 Å². The number of nitrogens with one attached hydrogen (secondary N) is 1. The zero-order valence-corrected chi connectivity index (χ0v) is 12.8. The molecule has 1 aliphatic rings. The molecule has 1 amide bonds. The highest BCUT2D eigenvalue weighted by Crippen LogP contribution is 2.30. The summed E-state index contributed by atoms with van der Waals surface area (Å²) in [4.78, 5) is 12.2. The molecule has 4 nitrogen and oxygen atoms in total.